The molecule has 1 N–H and O–H groups in total. The zero-order valence-corrected chi connectivity index (χ0v) is 11.9. The number of nitrogens with one attached hydrogen (secondary N) is 1. The minimum atomic E-state index is 0.0790. The van der Waals surface area contributed by atoms with Gasteiger partial charge in [0, 0.05) is 11.6 Å². The van der Waals surface area contributed by atoms with Crippen molar-refractivity contribution in [3.05, 3.63) is 35.4 Å². The lowest BCUT2D eigenvalue weighted by molar-refractivity contribution is 0.0915. The van der Waals surface area contributed by atoms with Gasteiger partial charge in [0.2, 0.25) is 0 Å². The number of fused-ring (bicyclic) bond motifs is 2. The Kier molecular flexibility index (Phi) is 3.34. The summed E-state index contributed by atoms with van der Waals surface area (Å²) in [5, 5.41) is 3.20. The fourth-order valence-electron chi connectivity index (χ4n) is 4.01. The number of hydrogen-bond donors (Lipinski definition) is 1. The standard InChI is InChI=1S/C17H23NO/c1-11-3-6-14(7-4-11)17(19)18-12(2)16-10-13-5-8-15(16)9-13/h3-4,6-7,12-13,15-16H,5,8-10H2,1-2H3,(H,18,19)/t12-,13+,15+,16+/m0/s1. The smallest absolute Gasteiger partial charge is 0.251 e. The average molecular weight is 257 g/mol. The van der Waals surface area contributed by atoms with Gasteiger partial charge in [0.1, 0.15) is 0 Å². The second kappa shape index (κ2) is 4.99. The Hall–Kier alpha value is -1.31. The summed E-state index contributed by atoms with van der Waals surface area (Å²) in [5.41, 5.74) is 1.97. The number of rotatable bonds is 3. The minimum Gasteiger partial charge on any atom is -0.349 e. The predicted molar refractivity (Wildman–Crippen MR) is 77.0 cm³/mol. The van der Waals surface area contributed by atoms with E-state index in [2.05, 4.69) is 12.2 Å². The maximum absolute atomic E-state index is 12.2. The molecule has 1 aromatic rings. The normalized spacial score (nSPS) is 30.3. The molecule has 2 fully saturated rings. The summed E-state index contributed by atoms with van der Waals surface area (Å²) >= 11 is 0. The van der Waals surface area contributed by atoms with Crippen molar-refractivity contribution < 1.29 is 4.79 Å². The van der Waals surface area contributed by atoms with Gasteiger partial charge in [0.25, 0.3) is 5.91 Å². The number of hydrogen-bond acceptors (Lipinski definition) is 1. The molecule has 3 rings (SSSR count). The van der Waals surface area contributed by atoms with Crippen LogP contribution in [0.25, 0.3) is 0 Å². The van der Waals surface area contributed by atoms with E-state index in [9.17, 15) is 4.79 Å². The highest BCUT2D eigenvalue weighted by atomic mass is 16.1. The molecule has 0 aliphatic heterocycles. The number of amides is 1. The third-order valence-corrected chi connectivity index (χ3v) is 5.11. The van der Waals surface area contributed by atoms with Crippen molar-refractivity contribution in [1.29, 1.82) is 0 Å². The molecule has 2 nitrogen and oxygen atoms in total. The van der Waals surface area contributed by atoms with E-state index in [0.717, 1.165) is 17.4 Å². The third kappa shape index (κ3) is 2.54. The Morgan fingerprint density at radius 1 is 1.21 bits per heavy atom. The Labute approximate surface area is 115 Å². The Morgan fingerprint density at radius 3 is 2.53 bits per heavy atom. The van der Waals surface area contributed by atoms with Gasteiger partial charge in [-0.1, -0.05) is 24.1 Å². The van der Waals surface area contributed by atoms with Gasteiger partial charge in [-0.25, -0.2) is 0 Å². The lowest BCUT2D eigenvalue weighted by Crippen LogP contribution is -2.40. The van der Waals surface area contributed by atoms with Crippen molar-refractivity contribution in [3.63, 3.8) is 0 Å². The van der Waals surface area contributed by atoms with Gasteiger partial charge in [-0.05, 0) is 63.0 Å². The van der Waals surface area contributed by atoms with Crippen LogP contribution in [-0.4, -0.2) is 11.9 Å². The zero-order valence-electron chi connectivity index (χ0n) is 11.9. The number of carbonyl (C=O) groups excluding carboxylic acids is 1. The summed E-state index contributed by atoms with van der Waals surface area (Å²) in [5.74, 6) is 2.58. The third-order valence-electron chi connectivity index (χ3n) is 5.11. The SMILES string of the molecule is Cc1ccc(C(=O)N[C@@H](C)[C@H]2C[C@@H]3CC[C@@H]2C3)cc1. The molecule has 0 unspecified atom stereocenters. The molecule has 2 aliphatic rings. The first-order valence-corrected chi connectivity index (χ1v) is 7.51. The van der Waals surface area contributed by atoms with Crippen LogP contribution in [0, 0.1) is 24.7 Å². The van der Waals surface area contributed by atoms with Crippen LogP contribution in [0.15, 0.2) is 24.3 Å². The maximum Gasteiger partial charge on any atom is 0.251 e. The maximum atomic E-state index is 12.2. The van der Waals surface area contributed by atoms with Crippen LogP contribution >= 0.6 is 0 Å². The molecule has 0 heterocycles. The Morgan fingerprint density at radius 2 is 1.95 bits per heavy atom. The molecule has 2 heteroatoms. The van der Waals surface area contributed by atoms with Gasteiger partial charge in [0.15, 0.2) is 0 Å². The number of benzene rings is 1. The molecule has 0 saturated heterocycles. The highest BCUT2D eigenvalue weighted by molar-refractivity contribution is 5.94. The second-order valence-corrected chi connectivity index (χ2v) is 6.47. The quantitative estimate of drug-likeness (QED) is 0.881. The summed E-state index contributed by atoms with van der Waals surface area (Å²) in [6.07, 6.45) is 5.51. The van der Waals surface area contributed by atoms with E-state index in [4.69, 9.17) is 0 Å². The van der Waals surface area contributed by atoms with Crippen molar-refractivity contribution in [2.75, 3.05) is 0 Å². The van der Waals surface area contributed by atoms with Crippen LogP contribution in [0.5, 0.6) is 0 Å². The highest BCUT2D eigenvalue weighted by Gasteiger charge is 2.42. The van der Waals surface area contributed by atoms with Crippen LogP contribution in [-0.2, 0) is 0 Å². The lowest BCUT2D eigenvalue weighted by Gasteiger charge is -2.28. The molecule has 0 spiro atoms. The summed E-state index contributed by atoms with van der Waals surface area (Å²) in [6.45, 7) is 4.22. The number of aryl methyl sites for hydroxylation is 1. The van der Waals surface area contributed by atoms with Crippen molar-refractivity contribution in [1.82, 2.24) is 5.32 Å². The highest BCUT2D eigenvalue weighted by Crippen LogP contribution is 2.49. The Balaban J connectivity index is 1.61. The van der Waals surface area contributed by atoms with Gasteiger partial charge in [-0.3, -0.25) is 4.79 Å². The monoisotopic (exact) mass is 257 g/mol. The molecule has 19 heavy (non-hydrogen) atoms. The van der Waals surface area contributed by atoms with Gasteiger partial charge >= 0.3 is 0 Å². The average Bonchev–Trinajstić information content (AvgIpc) is 3.01. The van der Waals surface area contributed by atoms with Crippen LogP contribution in [0.2, 0.25) is 0 Å². The zero-order chi connectivity index (χ0) is 13.4. The first-order valence-electron chi connectivity index (χ1n) is 7.51. The van der Waals surface area contributed by atoms with Crippen LogP contribution in [0.1, 0.15) is 48.5 Å². The molecule has 4 atom stereocenters. The molecule has 1 amide bonds. The first-order chi connectivity index (χ1) is 9.13. The molecular weight excluding hydrogens is 234 g/mol. The van der Waals surface area contributed by atoms with E-state index in [1.165, 1.54) is 31.2 Å². The van der Waals surface area contributed by atoms with Crippen molar-refractivity contribution in [2.45, 2.75) is 45.6 Å². The van der Waals surface area contributed by atoms with E-state index in [0.29, 0.717) is 12.0 Å². The molecule has 2 aliphatic carbocycles. The van der Waals surface area contributed by atoms with E-state index >= 15 is 0 Å². The van der Waals surface area contributed by atoms with Gasteiger partial charge in [0.05, 0.1) is 0 Å². The van der Waals surface area contributed by atoms with Crippen LogP contribution in [0.3, 0.4) is 0 Å². The van der Waals surface area contributed by atoms with Crippen molar-refractivity contribution >= 4 is 5.91 Å². The molecular formula is C17H23NO. The van der Waals surface area contributed by atoms with Gasteiger partial charge in [-0.15, -0.1) is 0 Å². The second-order valence-electron chi connectivity index (χ2n) is 6.47. The molecule has 2 bridgehead atoms. The first kappa shape index (κ1) is 12.7. The van der Waals surface area contributed by atoms with Crippen LogP contribution < -0.4 is 5.32 Å². The topological polar surface area (TPSA) is 29.1 Å². The van der Waals surface area contributed by atoms with E-state index < -0.39 is 0 Å². The summed E-state index contributed by atoms with van der Waals surface area (Å²) < 4.78 is 0. The fraction of sp³-hybridized carbons (Fsp3) is 0.588. The molecule has 1 aromatic carbocycles. The van der Waals surface area contributed by atoms with Gasteiger partial charge in [-0.2, -0.15) is 0 Å². The summed E-state index contributed by atoms with van der Waals surface area (Å²) in [6, 6.07) is 8.13. The van der Waals surface area contributed by atoms with E-state index in [1.54, 1.807) is 0 Å². The predicted octanol–water partition coefficient (Wildman–Crippen LogP) is 3.55. The lowest BCUT2D eigenvalue weighted by atomic mass is 9.84. The minimum absolute atomic E-state index is 0.0790. The fourth-order valence-corrected chi connectivity index (χ4v) is 4.01. The summed E-state index contributed by atoms with van der Waals surface area (Å²) in [7, 11) is 0. The molecule has 0 aromatic heterocycles. The molecule has 2 saturated carbocycles. The van der Waals surface area contributed by atoms with E-state index in [1.807, 2.05) is 31.2 Å². The molecule has 102 valence electrons. The Bertz CT molecular complexity index is 465. The van der Waals surface area contributed by atoms with Crippen LogP contribution in [0.4, 0.5) is 0 Å². The van der Waals surface area contributed by atoms with E-state index in [-0.39, 0.29) is 5.91 Å². The molecule has 0 radical (unpaired) electrons. The summed E-state index contributed by atoms with van der Waals surface area (Å²) in [4.78, 5) is 12.2. The number of carbonyl (C=O) groups is 1. The largest absolute Gasteiger partial charge is 0.349 e. The van der Waals surface area contributed by atoms with Crippen molar-refractivity contribution in [3.8, 4) is 0 Å². The van der Waals surface area contributed by atoms with Crippen molar-refractivity contribution in [2.24, 2.45) is 17.8 Å². The van der Waals surface area contributed by atoms with Gasteiger partial charge < -0.3 is 5.32 Å².